The Bertz CT molecular complexity index is 1620. The molecule has 9 nitrogen and oxygen atoms in total. The molecule has 2 aliphatic rings. The van der Waals surface area contributed by atoms with Crippen molar-refractivity contribution in [3.8, 4) is 11.8 Å². The molecule has 2 heterocycles. The minimum Gasteiger partial charge on any atom is -0.497 e. The van der Waals surface area contributed by atoms with E-state index in [-0.39, 0.29) is 28.7 Å². The molecule has 3 N–H and O–H groups in total. The molecule has 0 spiro atoms. The number of carbonyl (C=O) groups is 2. The summed E-state index contributed by atoms with van der Waals surface area (Å²) in [6.07, 6.45) is 0.962. The third-order valence-electron chi connectivity index (χ3n) is 7.17. The number of carbonyl (C=O) groups excluding carboxylic acids is 2. The van der Waals surface area contributed by atoms with E-state index < -0.39 is 5.92 Å². The lowest BCUT2D eigenvalue weighted by molar-refractivity contribution is -0.118. The zero-order valence-corrected chi connectivity index (χ0v) is 24.9. The van der Waals surface area contributed by atoms with E-state index in [4.69, 9.17) is 10.5 Å². The van der Waals surface area contributed by atoms with E-state index in [1.54, 1.807) is 36.3 Å². The van der Waals surface area contributed by atoms with Gasteiger partial charge in [-0.3, -0.25) is 14.5 Å². The number of nitrogens with one attached hydrogen (secondary N) is 1. The van der Waals surface area contributed by atoms with Crippen molar-refractivity contribution in [2.45, 2.75) is 43.9 Å². The smallest absolute Gasteiger partial charge is 0.234 e. The summed E-state index contributed by atoms with van der Waals surface area (Å²) in [5, 5.41) is 22.3. The lowest BCUT2D eigenvalue weighted by Crippen LogP contribution is -2.42. The van der Waals surface area contributed by atoms with Crippen molar-refractivity contribution >= 4 is 45.6 Å². The molecule has 0 saturated carbocycles. The first kappa shape index (κ1) is 28.4. The molecule has 210 valence electrons. The first-order chi connectivity index (χ1) is 19.6. The van der Waals surface area contributed by atoms with Crippen LogP contribution in [0, 0.1) is 23.7 Å². The predicted octanol–water partition coefficient (Wildman–Crippen LogP) is 5.53. The quantitative estimate of drug-likeness (QED) is 0.343. The first-order valence-corrected chi connectivity index (χ1v) is 14.8. The van der Waals surface area contributed by atoms with E-state index >= 15 is 0 Å². The summed E-state index contributed by atoms with van der Waals surface area (Å²) in [6.45, 7) is 6.08. The number of hydrogen-bond acceptors (Lipinski definition) is 10. The number of hydrogen-bond donors (Lipinski definition) is 2. The van der Waals surface area contributed by atoms with Gasteiger partial charge in [0.25, 0.3) is 0 Å². The number of Topliss-reactive ketones (excluding diaryl/α,β-unsaturated/α-hetero) is 1. The molecule has 1 aromatic heterocycles. The number of methoxy groups -OCH3 is 1. The van der Waals surface area contributed by atoms with Gasteiger partial charge in [0.1, 0.15) is 11.6 Å². The Morgan fingerprint density at radius 1 is 1.22 bits per heavy atom. The maximum atomic E-state index is 13.7. The molecule has 2 aromatic carbocycles. The molecular weight excluding hydrogens is 557 g/mol. The predicted molar refractivity (Wildman–Crippen MR) is 161 cm³/mol. The number of allylic oxidation sites excluding steroid dienone is 3. The average molecular weight is 587 g/mol. The number of aromatic nitrogens is 2. The summed E-state index contributed by atoms with van der Waals surface area (Å²) in [7, 11) is 1.59. The van der Waals surface area contributed by atoms with Crippen LogP contribution in [0.1, 0.15) is 43.7 Å². The fraction of sp³-hybridized carbons (Fsp3) is 0.300. The van der Waals surface area contributed by atoms with Gasteiger partial charge in [0.05, 0.1) is 30.4 Å². The molecule has 1 unspecified atom stereocenters. The summed E-state index contributed by atoms with van der Waals surface area (Å²) in [4.78, 5) is 28.0. The number of nitrogens with two attached hydrogens (primary N) is 1. The standard InChI is InChI=1S/C30H30N6O3S2/c1-17-7-5-6-8-20(17)25-21(15-31)27(32)36(22-13-30(2,3)14-23(37)26(22)25)28-34-35-29(41-28)40-16-24(38)33-18-9-11-19(39-4)12-10-18/h5-12,25H,13-14,16,32H2,1-4H3,(H,33,38). The molecule has 0 saturated heterocycles. The zero-order chi connectivity index (χ0) is 29.3. The average Bonchev–Trinajstić information content (AvgIpc) is 3.40. The molecule has 0 radical (unpaired) electrons. The van der Waals surface area contributed by atoms with Crippen LogP contribution in [-0.2, 0) is 9.59 Å². The molecule has 1 atom stereocenters. The molecule has 11 heteroatoms. The molecule has 1 amide bonds. The van der Waals surface area contributed by atoms with Crippen LogP contribution in [-0.4, -0.2) is 34.8 Å². The molecule has 3 aromatic rings. The van der Waals surface area contributed by atoms with Crippen molar-refractivity contribution < 1.29 is 14.3 Å². The van der Waals surface area contributed by atoms with Crippen molar-refractivity contribution in [2.24, 2.45) is 11.1 Å². The van der Waals surface area contributed by atoms with E-state index in [2.05, 4.69) is 35.4 Å². The minimum absolute atomic E-state index is 0.00377. The number of nitriles is 1. The number of nitrogens with zero attached hydrogens (tertiary/aromatic N) is 4. The van der Waals surface area contributed by atoms with Gasteiger partial charge in [0.15, 0.2) is 10.1 Å². The van der Waals surface area contributed by atoms with Crippen LogP contribution in [0.4, 0.5) is 10.8 Å². The lowest BCUT2D eigenvalue weighted by Gasteiger charge is -2.42. The van der Waals surface area contributed by atoms with Crippen LogP contribution in [0.15, 0.2) is 75.5 Å². The Balaban J connectivity index is 1.44. The molecule has 1 aliphatic heterocycles. The van der Waals surface area contributed by atoms with E-state index in [1.165, 1.54) is 23.1 Å². The summed E-state index contributed by atoms with van der Waals surface area (Å²) in [5.41, 5.74) is 10.6. The van der Waals surface area contributed by atoms with Gasteiger partial charge in [-0.1, -0.05) is 61.2 Å². The lowest BCUT2D eigenvalue weighted by atomic mass is 9.68. The Hall–Kier alpha value is -4.14. The second-order valence-corrected chi connectivity index (χ2v) is 12.9. The highest BCUT2D eigenvalue weighted by atomic mass is 32.2. The number of rotatable bonds is 7. The van der Waals surface area contributed by atoms with Crippen LogP contribution < -0.4 is 20.7 Å². The number of ketones is 1. The largest absolute Gasteiger partial charge is 0.497 e. The molecular formula is C30H30N6O3S2. The third-order valence-corrected chi connectivity index (χ3v) is 9.21. The van der Waals surface area contributed by atoms with Crippen molar-refractivity contribution in [1.82, 2.24) is 10.2 Å². The van der Waals surface area contributed by atoms with Gasteiger partial charge in [-0.25, -0.2) is 0 Å². The highest BCUT2D eigenvalue weighted by molar-refractivity contribution is 8.01. The number of anilines is 2. The van der Waals surface area contributed by atoms with E-state index in [9.17, 15) is 14.9 Å². The number of thioether (sulfide) groups is 1. The van der Waals surface area contributed by atoms with Gasteiger partial charge in [-0.05, 0) is 54.2 Å². The SMILES string of the molecule is COc1ccc(NC(=O)CSc2nnc(N3C(N)=C(C#N)C(c4ccccc4C)C4=C3CC(C)(C)CC4=O)s2)cc1. The molecule has 0 fully saturated rings. The van der Waals surface area contributed by atoms with Crippen molar-refractivity contribution in [2.75, 3.05) is 23.1 Å². The molecule has 0 bridgehead atoms. The molecule has 5 rings (SSSR count). The second kappa shape index (κ2) is 11.4. The minimum atomic E-state index is -0.542. The van der Waals surface area contributed by atoms with E-state index in [0.29, 0.717) is 44.9 Å². The van der Waals surface area contributed by atoms with Crippen LogP contribution in [0.3, 0.4) is 0 Å². The van der Waals surface area contributed by atoms with Gasteiger partial charge in [-0.2, -0.15) is 5.26 Å². The fourth-order valence-corrected chi connectivity index (χ4v) is 6.98. The van der Waals surface area contributed by atoms with Gasteiger partial charge in [-0.15, -0.1) is 10.2 Å². The molecule has 41 heavy (non-hydrogen) atoms. The van der Waals surface area contributed by atoms with Gasteiger partial charge in [0, 0.05) is 23.4 Å². The summed E-state index contributed by atoms with van der Waals surface area (Å²) in [5.74, 6) is 0.353. The Kier molecular flexibility index (Phi) is 7.89. The summed E-state index contributed by atoms with van der Waals surface area (Å²) < 4.78 is 5.72. The van der Waals surface area contributed by atoms with Crippen LogP contribution in [0.25, 0.3) is 0 Å². The summed E-state index contributed by atoms with van der Waals surface area (Å²) >= 11 is 2.52. The Labute approximate surface area is 247 Å². The fourth-order valence-electron chi connectivity index (χ4n) is 5.30. The first-order valence-electron chi connectivity index (χ1n) is 13.0. The van der Waals surface area contributed by atoms with Gasteiger partial charge < -0.3 is 15.8 Å². The number of aryl methyl sites for hydroxylation is 1. The summed E-state index contributed by atoms with van der Waals surface area (Å²) in [6, 6.07) is 17.2. The van der Waals surface area contributed by atoms with Gasteiger partial charge in [0.2, 0.25) is 11.0 Å². The number of benzene rings is 2. The van der Waals surface area contributed by atoms with E-state index in [0.717, 1.165) is 16.8 Å². The van der Waals surface area contributed by atoms with Crippen LogP contribution in [0.2, 0.25) is 0 Å². The normalized spacial score (nSPS) is 18.2. The highest BCUT2D eigenvalue weighted by Gasteiger charge is 2.45. The maximum absolute atomic E-state index is 13.7. The zero-order valence-electron chi connectivity index (χ0n) is 23.2. The number of amides is 1. The van der Waals surface area contributed by atoms with Crippen molar-refractivity contribution in [1.29, 1.82) is 5.26 Å². The molecule has 1 aliphatic carbocycles. The van der Waals surface area contributed by atoms with Crippen LogP contribution in [0.5, 0.6) is 5.75 Å². The van der Waals surface area contributed by atoms with Crippen molar-refractivity contribution in [3.63, 3.8) is 0 Å². The van der Waals surface area contributed by atoms with E-state index in [1.807, 2.05) is 31.2 Å². The van der Waals surface area contributed by atoms with Crippen LogP contribution >= 0.6 is 23.1 Å². The second-order valence-electron chi connectivity index (χ2n) is 10.8. The Morgan fingerprint density at radius 2 is 1.95 bits per heavy atom. The number of ether oxygens (including phenoxy) is 1. The van der Waals surface area contributed by atoms with Crippen molar-refractivity contribution in [3.05, 3.63) is 82.3 Å². The highest BCUT2D eigenvalue weighted by Crippen LogP contribution is 2.51. The Morgan fingerprint density at radius 3 is 2.63 bits per heavy atom. The third kappa shape index (κ3) is 5.71. The maximum Gasteiger partial charge on any atom is 0.234 e. The topological polar surface area (TPSA) is 134 Å². The monoisotopic (exact) mass is 586 g/mol. The van der Waals surface area contributed by atoms with Gasteiger partial charge >= 0.3 is 0 Å².